The first-order chi connectivity index (χ1) is 10.7. The average Bonchev–Trinajstić information content (AvgIpc) is 2.52. The third-order valence-corrected chi connectivity index (χ3v) is 3.25. The van der Waals surface area contributed by atoms with Crippen LogP contribution in [-0.2, 0) is 14.3 Å². The minimum atomic E-state index is -0.179. The monoisotopic (exact) mass is 318 g/mol. The molecule has 0 aromatic rings. The second kappa shape index (κ2) is 22.7. The van der Waals surface area contributed by atoms with Gasteiger partial charge in [0, 0.05) is 19.6 Å². The van der Waals surface area contributed by atoms with Crippen molar-refractivity contribution < 1.29 is 19.4 Å². The smallest absolute Gasteiger partial charge is 0.305 e. The molecule has 0 aromatic heterocycles. The van der Waals surface area contributed by atoms with Crippen molar-refractivity contribution in [3.05, 3.63) is 0 Å². The molecule has 0 heterocycles. The Morgan fingerprint density at radius 1 is 0.818 bits per heavy atom. The number of hydrogen-bond acceptors (Lipinski definition) is 4. The Hall–Kier alpha value is -0.610. The second-order valence-corrected chi connectivity index (χ2v) is 5.30. The highest BCUT2D eigenvalue weighted by Gasteiger charge is 2.01. The molecule has 0 aromatic carbocycles. The molecule has 0 spiro atoms. The van der Waals surface area contributed by atoms with Crippen LogP contribution in [0.15, 0.2) is 0 Å². The van der Waals surface area contributed by atoms with Crippen molar-refractivity contribution in [1.82, 2.24) is 0 Å². The fourth-order valence-electron chi connectivity index (χ4n) is 2.02. The molecule has 1 N–H and O–H groups in total. The van der Waals surface area contributed by atoms with Gasteiger partial charge < -0.3 is 14.6 Å². The van der Waals surface area contributed by atoms with Crippen molar-refractivity contribution in [2.75, 3.05) is 26.4 Å². The summed E-state index contributed by atoms with van der Waals surface area (Å²) in [6.07, 6.45) is 11.7. The van der Waals surface area contributed by atoms with Gasteiger partial charge in [0.05, 0.1) is 6.61 Å². The molecule has 0 aliphatic heterocycles. The lowest BCUT2D eigenvalue weighted by Crippen LogP contribution is -2.07. The molecule has 0 saturated heterocycles. The summed E-state index contributed by atoms with van der Waals surface area (Å²) in [4.78, 5) is 11.1. The first kappa shape index (κ1) is 23.7. The van der Waals surface area contributed by atoms with Crippen LogP contribution >= 0.6 is 0 Å². The number of unbranched alkanes of at least 4 members (excludes halogenated alkanes) is 8. The van der Waals surface area contributed by atoms with E-state index in [2.05, 4.69) is 6.92 Å². The highest BCUT2D eigenvalue weighted by Crippen LogP contribution is 2.10. The molecule has 0 aliphatic rings. The number of esters is 1. The summed E-state index contributed by atoms with van der Waals surface area (Å²) >= 11 is 0. The lowest BCUT2D eigenvalue weighted by Gasteiger charge is -2.03. The first-order valence-electron chi connectivity index (χ1n) is 9.07. The molecule has 0 amide bonds. The van der Waals surface area contributed by atoms with Crippen LogP contribution in [0.1, 0.15) is 85.0 Å². The summed E-state index contributed by atoms with van der Waals surface area (Å²) < 4.78 is 9.61. The highest BCUT2D eigenvalue weighted by molar-refractivity contribution is 5.69. The van der Waals surface area contributed by atoms with Gasteiger partial charge in [-0.25, -0.2) is 0 Å². The Morgan fingerprint density at radius 2 is 1.32 bits per heavy atom. The van der Waals surface area contributed by atoms with Gasteiger partial charge in [0.25, 0.3) is 0 Å². The maximum atomic E-state index is 11.1. The van der Waals surface area contributed by atoms with Gasteiger partial charge in [-0.1, -0.05) is 58.3 Å². The van der Waals surface area contributed by atoms with E-state index in [0.717, 1.165) is 26.1 Å². The van der Waals surface area contributed by atoms with Crippen molar-refractivity contribution in [3.8, 4) is 0 Å². The molecule has 4 heteroatoms. The van der Waals surface area contributed by atoms with Crippen molar-refractivity contribution >= 4 is 5.97 Å². The molecule has 0 atom stereocenters. The summed E-state index contributed by atoms with van der Waals surface area (Å²) in [7, 11) is 0. The van der Waals surface area contributed by atoms with Crippen molar-refractivity contribution in [1.29, 1.82) is 0 Å². The van der Waals surface area contributed by atoms with Gasteiger partial charge >= 0.3 is 5.97 Å². The zero-order valence-corrected chi connectivity index (χ0v) is 15.1. The van der Waals surface area contributed by atoms with Gasteiger partial charge in [-0.2, -0.15) is 0 Å². The van der Waals surface area contributed by atoms with Gasteiger partial charge in [0.2, 0.25) is 0 Å². The van der Waals surface area contributed by atoms with Crippen LogP contribution in [-0.4, -0.2) is 37.5 Å². The van der Waals surface area contributed by atoms with Crippen LogP contribution in [0, 0.1) is 0 Å². The van der Waals surface area contributed by atoms with Crippen LogP contribution in [0.4, 0.5) is 0 Å². The molecule has 0 fully saturated rings. The number of aliphatic hydroxyl groups excluding tert-OH is 1. The fraction of sp³-hybridized carbons (Fsp3) is 0.944. The van der Waals surface area contributed by atoms with Crippen LogP contribution in [0.25, 0.3) is 0 Å². The maximum absolute atomic E-state index is 11.1. The molecule has 0 unspecified atom stereocenters. The van der Waals surface area contributed by atoms with Crippen LogP contribution in [0.5, 0.6) is 0 Å². The Kier molecular flexibility index (Phi) is 24.4. The third-order valence-electron chi connectivity index (χ3n) is 3.25. The van der Waals surface area contributed by atoms with Crippen LogP contribution in [0.2, 0.25) is 0 Å². The van der Waals surface area contributed by atoms with E-state index < -0.39 is 0 Å². The van der Waals surface area contributed by atoms with Gasteiger partial charge in [-0.05, 0) is 20.3 Å². The highest BCUT2D eigenvalue weighted by atomic mass is 16.5. The van der Waals surface area contributed by atoms with E-state index in [1.807, 2.05) is 13.8 Å². The molecule has 134 valence electrons. The summed E-state index contributed by atoms with van der Waals surface area (Å²) in [5.41, 5.74) is 0. The quantitative estimate of drug-likeness (QED) is 0.379. The molecule has 22 heavy (non-hydrogen) atoms. The molecule has 0 aliphatic carbocycles. The predicted octanol–water partition coefficient (Wildman–Crippen LogP) is 4.49. The first-order valence-corrected chi connectivity index (χ1v) is 9.07. The topological polar surface area (TPSA) is 55.8 Å². The lowest BCUT2D eigenvalue weighted by molar-refractivity contribution is -0.144. The van der Waals surface area contributed by atoms with Crippen molar-refractivity contribution in [2.45, 2.75) is 85.0 Å². The Labute approximate surface area is 137 Å². The number of hydrogen-bond donors (Lipinski definition) is 1. The number of ether oxygens (including phenoxy) is 2. The molecule has 0 bridgehead atoms. The zero-order valence-electron chi connectivity index (χ0n) is 15.1. The Bertz CT molecular complexity index is 205. The standard InChI is InChI=1S/C14H28O3.C4H10O/c1-2-3-4-5-6-7-8-9-10-11-14(16)17-13-12-15;1-3-5-4-2/h15H,2-13H2,1H3;3-4H2,1-2H3. The van der Waals surface area contributed by atoms with E-state index in [-0.39, 0.29) is 19.2 Å². The predicted molar refractivity (Wildman–Crippen MR) is 92.1 cm³/mol. The molecular formula is C18H38O4. The molecule has 0 radical (unpaired) electrons. The van der Waals surface area contributed by atoms with E-state index in [4.69, 9.17) is 14.6 Å². The van der Waals surface area contributed by atoms with E-state index in [1.54, 1.807) is 0 Å². The van der Waals surface area contributed by atoms with Crippen LogP contribution in [0.3, 0.4) is 0 Å². The average molecular weight is 318 g/mol. The van der Waals surface area contributed by atoms with Crippen LogP contribution < -0.4 is 0 Å². The Morgan fingerprint density at radius 3 is 1.73 bits per heavy atom. The molecular weight excluding hydrogens is 280 g/mol. The summed E-state index contributed by atoms with van der Waals surface area (Å²) in [6.45, 7) is 7.95. The van der Waals surface area contributed by atoms with Crippen molar-refractivity contribution in [2.24, 2.45) is 0 Å². The van der Waals surface area contributed by atoms with E-state index in [1.165, 1.54) is 44.9 Å². The number of aliphatic hydroxyl groups is 1. The number of rotatable bonds is 14. The van der Waals surface area contributed by atoms with Gasteiger partial charge in [-0.3, -0.25) is 4.79 Å². The SMILES string of the molecule is CCCCCCCCCCCC(=O)OCCO.CCOCC. The number of carbonyl (C=O) groups is 1. The molecule has 0 saturated carbocycles. The van der Waals surface area contributed by atoms with Gasteiger partial charge in [0.1, 0.15) is 6.61 Å². The largest absolute Gasteiger partial charge is 0.463 e. The number of carbonyl (C=O) groups excluding carboxylic acids is 1. The lowest BCUT2D eigenvalue weighted by atomic mass is 10.1. The third kappa shape index (κ3) is 24.4. The zero-order chi connectivity index (χ0) is 16.9. The maximum Gasteiger partial charge on any atom is 0.305 e. The minimum Gasteiger partial charge on any atom is -0.463 e. The summed E-state index contributed by atoms with van der Waals surface area (Å²) in [5, 5.41) is 8.47. The molecule has 0 rings (SSSR count). The van der Waals surface area contributed by atoms with Gasteiger partial charge in [0.15, 0.2) is 0 Å². The minimum absolute atomic E-state index is 0.0799. The summed E-state index contributed by atoms with van der Waals surface area (Å²) in [6, 6.07) is 0. The Balaban J connectivity index is 0. The van der Waals surface area contributed by atoms with Gasteiger partial charge in [-0.15, -0.1) is 0 Å². The molecule has 4 nitrogen and oxygen atoms in total. The van der Waals surface area contributed by atoms with E-state index >= 15 is 0 Å². The van der Waals surface area contributed by atoms with E-state index in [0.29, 0.717) is 6.42 Å². The van der Waals surface area contributed by atoms with Crippen molar-refractivity contribution in [3.63, 3.8) is 0 Å². The summed E-state index contributed by atoms with van der Waals surface area (Å²) in [5.74, 6) is -0.179. The second-order valence-electron chi connectivity index (χ2n) is 5.30. The fourth-order valence-corrected chi connectivity index (χ4v) is 2.02. The van der Waals surface area contributed by atoms with E-state index in [9.17, 15) is 4.79 Å². The normalized spacial score (nSPS) is 10.0.